The highest BCUT2D eigenvalue weighted by Gasteiger charge is 2.28. The van der Waals surface area contributed by atoms with E-state index in [9.17, 15) is 9.59 Å². The van der Waals surface area contributed by atoms with Crippen molar-refractivity contribution in [2.75, 3.05) is 39.9 Å². The molecular weight excluding hydrogens is 450 g/mol. The van der Waals surface area contributed by atoms with Crippen LogP contribution in [-0.4, -0.2) is 82.1 Å². The van der Waals surface area contributed by atoms with E-state index >= 15 is 0 Å². The topological polar surface area (TPSA) is 102 Å². The third kappa shape index (κ3) is 6.94. The van der Waals surface area contributed by atoms with E-state index in [1.54, 1.807) is 19.4 Å². The molecule has 0 radical (unpaired) electrons. The number of likely N-dealkylation sites (tertiary alicyclic amines) is 1. The molecule has 10 heteroatoms. The average molecular weight is 486 g/mol. The molecular formula is C25H35N5O5. The maximum Gasteiger partial charge on any atom is 0.410 e. The summed E-state index contributed by atoms with van der Waals surface area (Å²) in [6, 6.07) is 5.75. The lowest BCUT2D eigenvalue weighted by atomic mass is 9.98. The molecule has 0 N–H and O–H groups in total. The van der Waals surface area contributed by atoms with E-state index in [4.69, 9.17) is 14.2 Å². The van der Waals surface area contributed by atoms with Crippen LogP contribution in [0.25, 0.3) is 11.4 Å². The molecule has 1 unspecified atom stereocenters. The summed E-state index contributed by atoms with van der Waals surface area (Å²) in [5.41, 5.74) is 1.17. The number of amides is 2. The first-order valence-corrected chi connectivity index (χ1v) is 12.2. The molecule has 0 spiro atoms. The average Bonchev–Trinajstić information content (AvgIpc) is 3.56. The number of epoxide rings is 1. The zero-order chi connectivity index (χ0) is 25.0. The van der Waals surface area contributed by atoms with Gasteiger partial charge < -0.3 is 24.0 Å². The summed E-state index contributed by atoms with van der Waals surface area (Å²) in [4.78, 5) is 32.7. The van der Waals surface area contributed by atoms with Crippen LogP contribution in [0.4, 0.5) is 4.79 Å². The third-order valence-electron chi connectivity index (χ3n) is 5.98. The van der Waals surface area contributed by atoms with Gasteiger partial charge in [0.05, 0.1) is 30.8 Å². The van der Waals surface area contributed by atoms with Gasteiger partial charge in [-0.25, -0.2) is 9.48 Å². The second kappa shape index (κ2) is 10.6. The maximum absolute atomic E-state index is 12.7. The number of nitrogens with zero attached hydrogens (tertiary/aromatic N) is 5. The Labute approximate surface area is 206 Å². The first-order chi connectivity index (χ1) is 16.7. The van der Waals surface area contributed by atoms with E-state index in [-0.39, 0.29) is 24.5 Å². The Balaban J connectivity index is 1.22. The molecule has 190 valence electrons. The first-order valence-electron chi connectivity index (χ1n) is 12.2. The van der Waals surface area contributed by atoms with E-state index in [2.05, 4.69) is 10.1 Å². The van der Waals surface area contributed by atoms with Gasteiger partial charge in [-0.15, -0.1) is 0 Å². The quantitative estimate of drug-likeness (QED) is 0.528. The van der Waals surface area contributed by atoms with Gasteiger partial charge in [0, 0.05) is 45.2 Å². The second-order valence-electron chi connectivity index (χ2n) is 10.1. The maximum atomic E-state index is 12.7. The lowest BCUT2D eigenvalue weighted by Gasteiger charge is -2.33. The molecule has 2 aromatic rings. The fourth-order valence-electron chi connectivity index (χ4n) is 4.04. The number of carbonyl (C=O) groups is 2. The summed E-state index contributed by atoms with van der Waals surface area (Å²) >= 11 is 0. The number of piperidine rings is 1. The second-order valence-corrected chi connectivity index (χ2v) is 10.1. The van der Waals surface area contributed by atoms with Crippen molar-refractivity contribution in [3.05, 3.63) is 30.6 Å². The Morgan fingerprint density at radius 2 is 2.06 bits per heavy atom. The van der Waals surface area contributed by atoms with Gasteiger partial charge in [-0.05, 0) is 51.8 Å². The Morgan fingerprint density at radius 1 is 1.26 bits per heavy atom. The Kier molecular flexibility index (Phi) is 7.59. The number of ether oxygens (including phenoxy) is 3. The van der Waals surface area contributed by atoms with Gasteiger partial charge in [0.15, 0.2) is 6.23 Å². The number of hydrogen-bond acceptors (Lipinski definition) is 7. The van der Waals surface area contributed by atoms with Gasteiger partial charge in [-0.1, -0.05) is 0 Å². The van der Waals surface area contributed by atoms with Gasteiger partial charge in [0.25, 0.3) is 0 Å². The standard InChI is InChI=1S/C25H35N5O5/c1-25(2,3)35-24(32)28(4)13-10-22(31)29-12-5-6-18(15-29)16-33-19-7-8-20(26-14-19)21-9-11-27-30(21)23-17-34-23/h7-9,11,14,18,23H,5-6,10,12-13,15-17H2,1-4H3/t18-,23?/m1/s1. The minimum atomic E-state index is -0.556. The number of aromatic nitrogens is 3. The Bertz CT molecular complexity index is 1010. The van der Waals surface area contributed by atoms with Crippen LogP contribution in [0.5, 0.6) is 5.75 Å². The number of pyridine rings is 1. The van der Waals surface area contributed by atoms with Crippen LogP contribution in [0.3, 0.4) is 0 Å². The fourth-order valence-corrected chi connectivity index (χ4v) is 4.04. The highest BCUT2D eigenvalue weighted by molar-refractivity contribution is 5.77. The molecule has 2 amide bonds. The summed E-state index contributed by atoms with van der Waals surface area (Å²) < 4.78 is 18.5. The van der Waals surface area contributed by atoms with Gasteiger partial charge in [0.2, 0.25) is 5.91 Å². The summed E-state index contributed by atoms with van der Waals surface area (Å²) in [5.74, 6) is 1.00. The van der Waals surface area contributed by atoms with Crippen LogP contribution >= 0.6 is 0 Å². The van der Waals surface area contributed by atoms with Crippen molar-refractivity contribution < 1.29 is 23.8 Å². The molecule has 0 saturated carbocycles. The van der Waals surface area contributed by atoms with E-state index in [1.807, 2.05) is 48.6 Å². The molecule has 0 aromatic carbocycles. The van der Waals surface area contributed by atoms with E-state index in [0.29, 0.717) is 32.1 Å². The highest BCUT2D eigenvalue weighted by Crippen LogP contribution is 2.29. The van der Waals surface area contributed by atoms with Gasteiger partial charge in [-0.2, -0.15) is 5.10 Å². The normalized spacial score (nSPS) is 19.8. The zero-order valence-electron chi connectivity index (χ0n) is 21.0. The molecule has 2 atom stereocenters. The Morgan fingerprint density at radius 3 is 2.74 bits per heavy atom. The SMILES string of the molecule is CN(CCC(=O)N1CCC[C@@H](COc2ccc(-c3ccnn3C3CO3)nc2)C1)C(=O)OC(C)(C)C. The van der Waals surface area contributed by atoms with Crippen molar-refractivity contribution in [2.24, 2.45) is 5.92 Å². The van der Waals surface area contributed by atoms with Crippen LogP contribution in [0.15, 0.2) is 30.6 Å². The molecule has 2 saturated heterocycles. The van der Waals surface area contributed by atoms with Crippen molar-refractivity contribution in [3.63, 3.8) is 0 Å². The molecule has 0 aliphatic carbocycles. The van der Waals surface area contributed by atoms with Crippen molar-refractivity contribution >= 4 is 12.0 Å². The molecule has 0 bridgehead atoms. The Hall–Kier alpha value is -3.14. The van der Waals surface area contributed by atoms with Crippen molar-refractivity contribution in [3.8, 4) is 17.1 Å². The van der Waals surface area contributed by atoms with E-state index in [0.717, 1.165) is 30.8 Å². The molecule has 2 aromatic heterocycles. The third-order valence-corrected chi connectivity index (χ3v) is 5.98. The predicted molar refractivity (Wildman–Crippen MR) is 129 cm³/mol. The summed E-state index contributed by atoms with van der Waals surface area (Å²) in [6.07, 6.45) is 5.28. The number of carbonyl (C=O) groups excluding carboxylic acids is 2. The van der Waals surface area contributed by atoms with Crippen LogP contribution in [0, 0.1) is 5.92 Å². The van der Waals surface area contributed by atoms with Crippen LogP contribution in [0.1, 0.15) is 46.3 Å². The molecule has 2 aliphatic heterocycles. The van der Waals surface area contributed by atoms with Crippen LogP contribution in [-0.2, 0) is 14.3 Å². The lowest BCUT2D eigenvalue weighted by molar-refractivity contribution is -0.133. The summed E-state index contributed by atoms with van der Waals surface area (Å²) in [5, 5.41) is 4.30. The summed E-state index contributed by atoms with van der Waals surface area (Å²) in [7, 11) is 1.65. The van der Waals surface area contributed by atoms with E-state index < -0.39 is 11.7 Å². The van der Waals surface area contributed by atoms with Gasteiger partial charge in [0.1, 0.15) is 11.4 Å². The molecule has 4 heterocycles. The van der Waals surface area contributed by atoms with Crippen molar-refractivity contribution in [2.45, 2.75) is 51.9 Å². The minimum absolute atomic E-state index is 0.00685. The minimum Gasteiger partial charge on any atom is -0.492 e. The zero-order valence-corrected chi connectivity index (χ0v) is 21.0. The van der Waals surface area contributed by atoms with E-state index in [1.165, 1.54) is 4.90 Å². The largest absolute Gasteiger partial charge is 0.492 e. The fraction of sp³-hybridized carbons (Fsp3) is 0.600. The van der Waals surface area contributed by atoms with Crippen molar-refractivity contribution in [1.29, 1.82) is 0 Å². The predicted octanol–water partition coefficient (Wildman–Crippen LogP) is 3.35. The monoisotopic (exact) mass is 485 g/mol. The van der Waals surface area contributed by atoms with Crippen LogP contribution in [0.2, 0.25) is 0 Å². The molecule has 10 nitrogen and oxygen atoms in total. The summed E-state index contributed by atoms with van der Waals surface area (Å²) in [6.45, 7) is 8.39. The number of rotatable bonds is 8. The smallest absolute Gasteiger partial charge is 0.410 e. The molecule has 2 aliphatic rings. The van der Waals surface area contributed by atoms with Gasteiger partial charge in [-0.3, -0.25) is 9.78 Å². The first kappa shape index (κ1) is 25.0. The van der Waals surface area contributed by atoms with Crippen molar-refractivity contribution in [1.82, 2.24) is 24.6 Å². The number of hydrogen-bond donors (Lipinski definition) is 0. The highest BCUT2D eigenvalue weighted by atomic mass is 16.6. The molecule has 35 heavy (non-hydrogen) atoms. The molecule has 4 rings (SSSR count). The lowest BCUT2D eigenvalue weighted by Crippen LogP contribution is -2.43. The molecule has 2 fully saturated rings. The van der Waals surface area contributed by atoms with Crippen LogP contribution < -0.4 is 4.74 Å². The van der Waals surface area contributed by atoms with Gasteiger partial charge >= 0.3 is 6.09 Å².